The molecule has 1 aliphatic rings. The number of benzene rings is 1. The third-order valence-electron chi connectivity index (χ3n) is 4.05. The predicted octanol–water partition coefficient (Wildman–Crippen LogP) is 2.11. The third kappa shape index (κ3) is 5.26. The Morgan fingerprint density at radius 1 is 1.44 bits per heavy atom. The molecule has 25 heavy (non-hydrogen) atoms. The lowest BCUT2D eigenvalue weighted by Crippen LogP contribution is -2.39. The molecule has 1 aromatic rings. The van der Waals surface area contributed by atoms with Crippen LogP contribution in [0.1, 0.15) is 29.6 Å². The monoisotopic (exact) mass is 406 g/mol. The summed E-state index contributed by atoms with van der Waals surface area (Å²) in [6.45, 7) is 0.216. The van der Waals surface area contributed by atoms with Crippen LogP contribution in [0, 0.1) is 0 Å². The minimum absolute atomic E-state index is 0.0843. The number of nitrogens with zero attached hydrogens (tertiary/aromatic N) is 1. The van der Waals surface area contributed by atoms with Crippen molar-refractivity contribution in [1.29, 1.82) is 0 Å². The highest BCUT2D eigenvalue weighted by atomic mass is 35.5. The minimum atomic E-state index is -3.41. The predicted molar refractivity (Wildman–Crippen MR) is 103 cm³/mol. The fraction of sp³-hybridized carbons (Fsp3) is 0.562. The van der Waals surface area contributed by atoms with Gasteiger partial charge in [0.2, 0.25) is 10.0 Å². The summed E-state index contributed by atoms with van der Waals surface area (Å²) in [5.74, 6) is 0.553. The number of carbonyl (C=O) groups is 1. The van der Waals surface area contributed by atoms with Gasteiger partial charge in [0.05, 0.1) is 29.1 Å². The van der Waals surface area contributed by atoms with Crippen molar-refractivity contribution in [2.24, 2.45) is 0 Å². The fourth-order valence-corrected chi connectivity index (χ4v) is 5.08. The Morgan fingerprint density at radius 3 is 2.84 bits per heavy atom. The van der Waals surface area contributed by atoms with Crippen LogP contribution in [0.3, 0.4) is 0 Å². The molecule has 1 aliphatic heterocycles. The number of amides is 1. The van der Waals surface area contributed by atoms with E-state index >= 15 is 0 Å². The van der Waals surface area contributed by atoms with E-state index in [9.17, 15) is 18.3 Å². The molecule has 1 heterocycles. The van der Waals surface area contributed by atoms with Crippen LogP contribution in [-0.2, 0) is 10.0 Å². The molecule has 1 saturated heterocycles. The van der Waals surface area contributed by atoms with Crippen LogP contribution in [0.25, 0.3) is 0 Å². The zero-order valence-corrected chi connectivity index (χ0v) is 16.5. The van der Waals surface area contributed by atoms with E-state index in [2.05, 4.69) is 5.32 Å². The van der Waals surface area contributed by atoms with Crippen LogP contribution in [0.5, 0.6) is 0 Å². The van der Waals surface area contributed by atoms with E-state index in [1.807, 2.05) is 6.26 Å². The number of sulfonamides is 1. The summed E-state index contributed by atoms with van der Waals surface area (Å²) in [6.07, 6.45) is 4.00. The second-order valence-corrected chi connectivity index (χ2v) is 9.30. The molecule has 0 bridgehead atoms. The lowest BCUT2D eigenvalue weighted by atomic mass is 10.1. The van der Waals surface area contributed by atoms with Gasteiger partial charge < -0.3 is 10.4 Å². The number of aliphatic hydroxyl groups excluding tert-OH is 1. The number of anilines is 1. The summed E-state index contributed by atoms with van der Waals surface area (Å²) >= 11 is 7.82. The number of aliphatic hydroxyl groups is 1. The number of nitrogens with one attached hydrogen (secondary N) is 1. The first-order valence-corrected chi connectivity index (χ1v) is 11.5. The molecule has 1 aromatic carbocycles. The molecule has 1 unspecified atom stereocenters. The molecule has 1 amide bonds. The van der Waals surface area contributed by atoms with Crippen molar-refractivity contribution in [3.63, 3.8) is 0 Å². The number of thioether (sulfide) groups is 1. The summed E-state index contributed by atoms with van der Waals surface area (Å²) in [5.41, 5.74) is 0.654. The van der Waals surface area contributed by atoms with Crippen molar-refractivity contribution in [3.8, 4) is 0 Å². The molecule has 0 radical (unpaired) electrons. The highest BCUT2D eigenvalue weighted by Gasteiger charge is 2.28. The maximum Gasteiger partial charge on any atom is 0.251 e. The molecule has 140 valence electrons. The molecule has 0 saturated carbocycles. The average molecular weight is 407 g/mol. The summed E-state index contributed by atoms with van der Waals surface area (Å²) in [4.78, 5) is 12.4. The third-order valence-corrected chi connectivity index (χ3v) is 6.87. The van der Waals surface area contributed by atoms with Crippen molar-refractivity contribution in [3.05, 3.63) is 28.8 Å². The van der Waals surface area contributed by atoms with Crippen LogP contribution in [0.15, 0.2) is 18.2 Å². The fourth-order valence-electron chi connectivity index (χ4n) is 2.64. The summed E-state index contributed by atoms with van der Waals surface area (Å²) in [5, 5.41) is 12.5. The van der Waals surface area contributed by atoms with Gasteiger partial charge in [0.25, 0.3) is 5.91 Å². The Hall–Kier alpha value is -0.960. The SMILES string of the molecule is CSCCC(CO)NC(=O)c1ccc(Cl)c(N2CCCCS2(=O)=O)c1. The van der Waals surface area contributed by atoms with Crippen LogP contribution in [-0.4, -0.2) is 56.4 Å². The first-order chi connectivity index (χ1) is 11.9. The quantitative estimate of drug-likeness (QED) is 0.724. The Bertz CT molecular complexity index is 712. The number of hydrogen-bond donors (Lipinski definition) is 2. The van der Waals surface area contributed by atoms with E-state index in [-0.39, 0.29) is 24.3 Å². The molecule has 2 rings (SSSR count). The van der Waals surface area contributed by atoms with Gasteiger partial charge in [0, 0.05) is 12.1 Å². The average Bonchev–Trinajstić information content (AvgIpc) is 2.58. The van der Waals surface area contributed by atoms with E-state index in [4.69, 9.17) is 11.6 Å². The lowest BCUT2D eigenvalue weighted by molar-refractivity contribution is 0.0915. The molecule has 0 aliphatic carbocycles. The van der Waals surface area contributed by atoms with Gasteiger partial charge in [-0.05, 0) is 49.5 Å². The molecule has 0 spiro atoms. The van der Waals surface area contributed by atoms with Crippen molar-refractivity contribution in [2.75, 3.05) is 35.2 Å². The zero-order chi connectivity index (χ0) is 18.4. The van der Waals surface area contributed by atoms with E-state index in [1.54, 1.807) is 17.8 Å². The number of hydrogen-bond acceptors (Lipinski definition) is 5. The van der Waals surface area contributed by atoms with E-state index in [1.165, 1.54) is 16.4 Å². The second-order valence-electron chi connectivity index (χ2n) is 5.90. The smallest absolute Gasteiger partial charge is 0.251 e. The lowest BCUT2D eigenvalue weighted by Gasteiger charge is -2.29. The Morgan fingerprint density at radius 2 is 2.20 bits per heavy atom. The van der Waals surface area contributed by atoms with Crippen LogP contribution in [0.2, 0.25) is 5.02 Å². The molecule has 1 fully saturated rings. The van der Waals surface area contributed by atoms with Crippen LogP contribution in [0.4, 0.5) is 5.69 Å². The highest BCUT2D eigenvalue weighted by Crippen LogP contribution is 2.31. The highest BCUT2D eigenvalue weighted by molar-refractivity contribution is 7.98. The second kappa shape index (κ2) is 9.12. The Labute approximate surface area is 158 Å². The number of halogens is 1. The van der Waals surface area contributed by atoms with Crippen molar-refractivity contribution in [1.82, 2.24) is 5.32 Å². The van der Waals surface area contributed by atoms with E-state index < -0.39 is 10.0 Å². The van der Waals surface area contributed by atoms with Crippen molar-refractivity contribution in [2.45, 2.75) is 25.3 Å². The summed E-state index contributed by atoms with van der Waals surface area (Å²) < 4.78 is 25.9. The summed E-state index contributed by atoms with van der Waals surface area (Å²) in [7, 11) is -3.41. The van der Waals surface area contributed by atoms with Gasteiger partial charge in [0.1, 0.15) is 0 Å². The molecule has 9 heteroatoms. The maximum atomic E-state index is 12.4. The molecule has 0 aromatic heterocycles. The molecular weight excluding hydrogens is 384 g/mol. The van der Waals surface area contributed by atoms with Crippen LogP contribution < -0.4 is 9.62 Å². The summed E-state index contributed by atoms with van der Waals surface area (Å²) in [6, 6.07) is 4.26. The normalized spacial score (nSPS) is 18.0. The minimum Gasteiger partial charge on any atom is -0.394 e. The Balaban J connectivity index is 2.21. The van der Waals surface area contributed by atoms with Gasteiger partial charge in [-0.3, -0.25) is 9.10 Å². The largest absolute Gasteiger partial charge is 0.394 e. The van der Waals surface area contributed by atoms with Gasteiger partial charge in [0.15, 0.2) is 0 Å². The van der Waals surface area contributed by atoms with Gasteiger partial charge in [-0.25, -0.2) is 8.42 Å². The maximum absolute atomic E-state index is 12.4. The number of rotatable bonds is 7. The van der Waals surface area contributed by atoms with Crippen molar-refractivity contribution >= 4 is 45.0 Å². The zero-order valence-electron chi connectivity index (χ0n) is 14.1. The molecule has 6 nitrogen and oxygen atoms in total. The molecular formula is C16H23ClN2O4S2. The standard InChI is InChI=1S/C16H23ClN2O4S2/c1-24-8-6-13(11-20)18-16(21)12-4-5-14(17)15(10-12)19-7-2-3-9-25(19,22)23/h4-5,10,13,20H,2-3,6-9,11H2,1H3,(H,18,21). The Kier molecular flexibility index (Phi) is 7.42. The molecule has 1 atom stereocenters. The van der Waals surface area contributed by atoms with Gasteiger partial charge in [-0.2, -0.15) is 11.8 Å². The first kappa shape index (κ1) is 20.4. The van der Waals surface area contributed by atoms with Gasteiger partial charge >= 0.3 is 0 Å². The van der Waals surface area contributed by atoms with Gasteiger partial charge in [-0.15, -0.1) is 0 Å². The molecule has 2 N–H and O–H groups in total. The van der Waals surface area contributed by atoms with E-state index in [0.29, 0.717) is 35.7 Å². The van der Waals surface area contributed by atoms with Gasteiger partial charge in [-0.1, -0.05) is 11.6 Å². The van der Waals surface area contributed by atoms with Crippen LogP contribution >= 0.6 is 23.4 Å². The topological polar surface area (TPSA) is 86.7 Å². The van der Waals surface area contributed by atoms with Crippen molar-refractivity contribution < 1.29 is 18.3 Å². The first-order valence-electron chi connectivity index (χ1n) is 8.09. The number of carbonyl (C=O) groups excluding carboxylic acids is 1. The van der Waals surface area contributed by atoms with E-state index in [0.717, 1.165) is 12.2 Å².